The number of unbranched alkanes of at least 4 members (excludes halogenated alkanes) is 1. The molecule has 2 fully saturated rings. The van der Waals surface area contributed by atoms with Crippen LogP contribution in [0.1, 0.15) is 31.7 Å². The summed E-state index contributed by atoms with van der Waals surface area (Å²) < 4.78 is 10.5. The summed E-state index contributed by atoms with van der Waals surface area (Å²) >= 11 is 0. The summed E-state index contributed by atoms with van der Waals surface area (Å²) in [6, 6.07) is 6.55. The summed E-state index contributed by atoms with van der Waals surface area (Å²) in [4.78, 5) is 40.3. The van der Waals surface area contributed by atoms with Gasteiger partial charge in [-0.2, -0.15) is 0 Å². The lowest BCUT2D eigenvalue weighted by atomic mass is 10.1. The van der Waals surface area contributed by atoms with Gasteiger partial charge in [0, 0.05) is 13.1 Å². The Labute approximate surface area is 159 Å². The highest BCUT2D eigenvalue weighted by Gasteiger charge is 2.42. The summed E-state index contributed by atoms with van der Waals surface area (Å²) in [7, 11) is 0. The number of anilines is 1. The van der Waals surface area contributed by atoms with E-state index < -0.39 is 6.04 Å². The molecule has 2 saturated heterocycles. The first-order valence-corrected chi connectivity index (χ1v) is 9.53. The normalized spacial score (nSPS) is 20.9. The second-order valence-electron chi connectivity index (χ2n) is 6.85. The largest absolute Gasteiger partial charge is 0.465 e. The number of morpholine rings is 1. The molecule has 0 spiro atoms. The number of carbonyl (C=O) groups is 3. The number of benzene rings is 1. The molecule has 3 rings (SSSR count). The van der Waals surface area contributed by atoms with E-state index in [4.69, 9.17) is 9.47 Å². The molecule has 0 saturated carbocycles. The monoisotopic (exact) mass is 374 g/mol. The van der Waals surface area contributed by atoms with Gasteiger partial charge < -0.3 is 9.47 Å². The van der Waals surface area contributed by atoms with Gasteiger partial charge in [0.15, 0.2) is 0 Å². The molecular weight excluding hydrogens is 348 g/mol. The molecule has 0 N–H and O–H groups in total. The fourth-order valence-corrected chi connectivity index (χ4v) is 3.37. The summed E-state index contributed by atoms with van der Waals surface area (Å²) in [6.45, 7) is 4.97. The molecule has 2 amide bonds. The first-order valence-electron chi connectivity index (χ1n) is 9.53. The minimum absolute atomic E-state index is 0.183. The van der Waals surface area contributed by atoms with Crippen molar-refractivity contribution in [3.05, 3.63) is 29.8 Å². The molecule has 1 atom stereocenters. The number of nitrogens with zero attached hydrogens (tertiary/aromatic N) is 2. The van der Waals surface area contributed by atoms with Crippen LogP contribution in [0.3, 0.4) is 0 Å². The second kappa shape index (κ2) is 9.10. The van der Waals surface area contributed by atoms with Crippen LogP contribution < -0.4 is 4.90 Å². The van der Waals surface area contributed by atoms with Gasteiger partial charge >= 0.3 is 5.97 Å². The number of ether oxygens (including phenoxy) is 2. The van der Waals surface area contributed by atoms with Crippen molar-refractivity contribution < 1.29 is 23.9 Å². The Morgan fingerprint density at radius 3 is 2.56 bits per heavy atom. The second-order valence-corrected chi connectivity index (χ2v) is 6.85. The van der Waals surface area contributed by atoms with E-state index in [2.05, 4.69) is 0 Å². The molecular formula is C20H26N2O5. The van der Waals surface area contributed by atoms with Crippen molar-refractivity contribution >= 4 is 23.5 Å². The number of amides is 2. The highest BCUT2D eigenvalue weighted by atomic mass is 16.5. The van der Waals surface area contributed by atoms with Gasteiger partial charge in [-0.3, -0.25) is 19.3 Å². The Bertz CT molecular complexity index is 682. The third-order valence-electron chi connectivity index (χ3n) is 4.91. The first kappa shape index (κ1) is 19.5. The molecule has 2 aliphatic heterocycles. The molecule has 1 aromatic rings. The lowest BCUT2D eigenvalue weighted by Crippen LogP contribution is -2.47. The first-order chi connectivity index (χ1) is 13.1. The van der Waals surface area contributed by atoms with Crippen molar-refractivity contribution in [2.45, 2.75) is 38.6 Å². The van der Waals surface area contributed by atoms with E-state index in [1.807, 2.05) is 11.8 Å². The molecule has 0 radical (unpaired) electrons. The number of esters is 1. The van der Waals surface area contributed by atoms with E-state index in [0.717, 1.165) is 18.4 Å². The Morgan fingerprint density at radius 1 is 1.19 bits per heavy atom. The van der Waals surface area contributed by atoms with Crippen LogP contribution in [0.25, 0.3) is 0 Å². The zero-order valence-electron chi connectivity index (χ0n) is 15.7. The predicted molar refractivity (Wildman–Crippen MR) is 99.3 cm³/mol. The van der Waals surface area contributed by atoms with Gasteiger partial charge in [-0.25, -0.2) is 4.90 Å². The summed E-state index contributed by atoms with van der Waals surface area (Å²) in [6.07, 6.45) is 2.21. The average Bonchev–Trinajstić information content (AvgIpc) is 2.98. The Kier molecular flexibility index (Phi) is 6.58. The van der Waals surface area contributed by atoms with Crippen LogP contribution in [-0.4, -0.2) is 61.6 Å². The summed E-state index contributed by atoms with van der Waals surface area (Å²) in [5.41, 5.74) is 1.34. The molecule has 2 heterocycles. The van der Waals surface area contributed by atoms with Crippen molar-refractivity contribution in [2.75, 3.05) is 37.8 Å². The van der Waals surface area contributed by atoms with Crippen LogP contribution in [0.15, 0.2) is 24.3 Å². The van der Waals surface area contributed by atoms with Gasteiger partial charge in [0.25, 0.3) is 5.91 Å². The van der Waals surface area contributed by atoms with E-state index in [1.54, 1.807) is 24.3 Å². The number of carbonyl (C=O) groups excluding carboxylic acids is 3. The van der Waals surface area contributed by atoms with Gasteiger partial charge in [0.05, 0.1) is 44.4 Å². The van der Waals surface area contributed by atoms with Gasteiger partial charge in [0.1, 0.15) is 0 Å². The van der Waals surface area contributed by atoms with Crippen LogP contribution in [0, 0.1) is 0 Å². The molecule has 0 aromatic heterocycles. The number of hydrogen-bond acceptors (Lipinski definition) is 6. The third-order valence-corrected chi connectivity index (χ3v) is 4.91. The molecule has 7 heteroatoms. The van der Waals surface area contributed by atoms with Crippen molar-refractivity contribution in [3.8, 4) is 0 Å². The van der Waals surface area contributed by atoms with Crippen LogP contribution in [0.5, 0.6) is 0 Å². The molecule has 27 heavy (non-hydrogen) atoms. The average molecular weight is 374 g/mol. The zero-order chi connectivity index (χ0) is 19.2. The standard InChI is InChI=1S/C20H26N2O5/c1-2-3-10-27-19(24)13-15-4-6-16(7-5-15)22-18(23)14-17(20(22)25)21-8-11-26-12-9-21/h4-7,17H,2-3,8-14H2,1H3. The minimum Gasteiger partial charge on any atom is -0.465 e. The van der Waals surface area contributed by atoms with E-state index in [9.17, 15) is 14.4 Å². The van der Waals surface area contributed by atoms with Crippen LogP contribution >= 0.6 is 0 Å². The predicted octanol–water partition coefficient (Wildman–Crippen LogP) is 1.54. The fourth-order valence-electron chi connectivity index (χ4n) is 3.37. The molecule has 1 unspecified atom stereocenters. The maximum Gasteiger partial charge on any atom is 0.310 e. The maximum atomic E-state index is 12.8. The quantitative estimate of drug-likeness (QED) is 0.409. The Balaban J connectivity index is 1.61. The molecule has 2 aliphatic rings. The van der Waals surface area contributed by atoms with Gasteiger partial charge in [-0.15, -0.1) is 0 Å². The highest BCUT2D eigenvalue weighted by molar-refractivity contribution is 6.22. The van der Waals surface area contributed by atoms with Crippen molar-refractivity contribution in [1.82, 2.24) is 4.90 Å². The van der Waals surface area contributed by atoms with Crippen molar-refractivity contribution in [2.24, 2.45) is 0 Å². The zero-order valence-corrected chi connectivity index (χ0v) is 15.7. The van der Waals surface area contributed by atoms with E-state index in [-0.39, 0.29) is 30.6 Å². The SMILES string of the molecule is CCCCOC(=O)Cc1ccc(N2C(=O)CC(N3CCOCC3)C2=O)cc1. The minimum atomic E-state index is -0.408. The Hall–Kier alpha value is -2.25. The van der Waals surface area contributed by atoms with E-state index in [0.29, 0.717) is 38.6 Å². The number of hydrogen-bond donors (Lipinski definition) is 0. The molecule has 0 bridgehead atoms. The van der Waals surface area contributed by atoms with E-state index >= 15 is 0 Å². The van der Waals surface area contributed by atoms with Crippen LogP contribution in [0.4, 0.5) is 5.69 Å². The molecule has 0 aliphatic carbocycles. The van der Waals surface area contributed by atoms with Gasteiger partial charge in [-0.05, 0) is 24.1 Å². The highest BCUT2D eigenvalue weighted by Crippen LogP contribution is 2.26. The van der Waals surface area contributed by atoms with Crippen molar-refractivity contribution in [3.63, 3.8) is 0 Å². The summed E-state index contributed by atoms with van der Waals surface area (Å²) in [5.74, 6) is -0.645. The van der Waals surface area contributed by atoms with Gasteiger partial charge in [-0.1, -0.05) is 25.5 Å². The van der Waals surface area contributed by atoms with Crippen LogP contribution in [-0.2, 0) is 30.3 Å². The fraction of sp³-hybridized carbons (Fsp3) is 0.550. The van der Waals surface area contributed by atoms with Crippen LogP contribution in [0.2, 0.25) is 0 Å². The maximum absolute atomic E-state index is 12.8. The smallest absolute Gasteiger partial charge is 0.310 e. The van der Waals surface area contributed by atoms with Gasteiger partial charge in [0.2, 0.25) is 5.91 Å². The molecule has 146 valence electrons. The summed E-state index contributed by atoms with van der Waals surface area (Å²) in [5, 5.41) is 0. The Morgan fingerprint density at radius 2 is 1.89 bits per heavy atom. The lowest BCUT2D eigenvalue weighted by molar-refractivity contribution is -0.143. The molecule has 7 nitrogen and oxygen atoms in total. The molecule has 1 aromatic carbocycles. The third kappa shape index (κ3) is 4.73. The topological polar surface area (TPSA) is 76.2 Å². The van der Waals surface area contributed by atoms with E-state index in [1.165, 1.54) is 4.90 Å². The van der Waals surface area contributed by atoms with Crippen molar-refractivity contribution in [1.29, 1.82) is 0 Å². The lowest BCUT2D eigenvalue weighted by Gasteiger charge is -2.30. The number of rotatable bonds is 7. The number of imide groups is 1.